The summed E-state index contributed by atoms with van der Waals surface area (Å²) in [6, 6.07) is 24.1. The summed E-state index contributed by atoms with van der Waals surface area (Å²) >= 11 is 0. The lowest BCUT2D eigenvalue weighted by Crippen LogP contribution is -2.99. The van der Waals surface area contributed by atoms with Crippen LogP contribution in [-0.4, -0.2) is 16.2 Å². The van der Waals surface area contributed by atoms with Crippen molar-refractivity contribution in [2.24, 2.45) is 0 Å². The second kappa shape index (κ2) is 7.77. The van der Waals surface area contributed by atoms with Gasteiger partial charge in [0.15, 0.2) is 17.2 Å². The van der Waals surface area contributed by atoms with Gasteiger partial charge >= 0.3 is 0 Å². The summed E-state index contributed by atoms with van der Waals surface area (Å²) in [5.74, 6) is -0.136. The molecule has 0 aromatic heterocycles. The average Bonchev–Trinajstić information content (AvgIpc) is 3.10. The van der Waals surface area contributed by atoms with Gasteiger partial charge in [0.05, 0.1) is 0 Å². The highest BCUT2D eigenvalue weighted by molar-refractivity contribution is 6.22. The van der Waals surface area contributed by atoms with Crippen molar-refractivity contribution in [3.8, 4) is 33.4 Å². The van der Waals surface area contributed by atoms with Gasteiger partial charge in [0, 0.05) is 34.4 Å². The Bertz CT molecular complexity index is 1360. The molecule has 7 heteroatoms. The van der Waals surface area contributed by atoms with Crippen molar-refractivity contribution in [2.45, 2.75) is 0 Å². The fourth-order valence-electron chi connectivity index (χ4n) is 4.25. The Hall–Kier alpha value is -3.69. The van der Waals surface area contributed by atoms with Crippen LogP contribution in [0.5, 0.6) is 0 Å². The van der Waals surface area contributed by atoms with Gasteiger partial charge in [-0.05, 0) is 52.6 Å². The van der Waals surface area contributed by atoms with Crippen LogP contribution in [0.4, 0.5) is 11.4 Å². The molecule has 1 aliphatic carbocycles. The molecule has 0 bridgehead atoms. The number of benzene rings is 4. The topological polar surface area (TPSA) is 113 Å². The predicted octanol–water partition coefficient (Wildman–Crippen LogP) is 3.04. The molecule has 2 unspecified atom stereocenters. The van der Waals surface area contributed by atoms with Gasteiger partial charge in [0.1, 0.15) is 0 Å². The monoisotopic (exact) mass is 426 g/mol. The highest BCUT2D eigenvalue weighted by atomic mass is 16.8. The minimum absolute atomic E-state index is 0.136. The van der Waals surface area contributed by atoms with E-state index >= 15 is 0 Å². The molecule has 5 rings (SSSR count). The van der Waals surface area contributed by atoms with E-state index in [1.54, 1.807) is 66.7 Å². The van der Waals surface area contributed by atoms with Crippen LogP contribution in [0.2, 0.25) is 0 Å². The smallest absolute Gasteiger partial charge is 0.194 e. The van der Waals surface area contributed by atoms with Gasteiger partial charge < -0.3 is 10.4 Å². The van der Waals surface area contributed by atoms with Gasteiger partial charge in [-0.15, -0.1) is 0 Å². The van der Waals surface area contributed by atoms with E-state index in [0.29, 0.717) is 33.4 Å². The molecule has 4 N–H and O–H groups in total. The van der Waals surface area contributed by atoms with Crippen molar-refractivity contribution in [3.63, 3.8) is 0 Å². The summed E-state index contributed by atoms with van der Waals surface area (Å²) in [5.41, 5.74) is 5.37. The molecule has 4 aromatic carbocycles. The number of quaternary nitrogens is 2. The van der Waals surface area contributed by atoms with Crippen LogP contribution in [0.1, 0.15) is 15.9 Å². The molecular formula is C25H18N2O5. The number of carbonyl (C=O) groups is 1. The van der Waals surface area contributed by atoms with Gasteiger partial charge in [-0.3, -0.25) is 4.79 Å². The molecular weight excluding hydrogens is 408 g/mol. The van der Waals surface area contributed by atoms with E-state index in [4.69, 9.17) is 0 Å². The van der Waals surface area contributed by atoms with Crippen LogP contribution in [-0.2, 0) is 0 Å². The Labute approximate surface area is 183 Å². The standard InChI is InChI=1S/C25H18N2O5/c28-25-20-12-10-15(17-5-1-3-7-23(17)26(29)30)13-21(20)19-11-9-16(14-22(19)25)18-6-2-4-8-24(18)27(31)32/h1-14,26-27,29,31H. The third-order valence-electron chi connectivity index (χ3n) is 5.76. The molecule has 0 radical (unpaired) electrons. The molecule has 2 atom stereocenters. The van der Waals surface area contributed by atoms with Crippen molar-refractivity contribution >= 4 is 17.2 Å². The first kappa shape index (κ1) is 20.2. The van der Waals surface area contributed by atoms with Gasteiger partial charge in [0.2, 0.25) is 0 Å². The molecule has 7 nitrogen and oxygen atoms in total. The zero-order valence-corrected chi connectivity index (χ0v) is 16.7. The van der Waals surface area contributed by atoms with E-state index in [1.807, 2.05) is 12.1 Å². The number of fused-ring (bicyclic) bond motifs is 3. The first-order valence-electron chi connectivity index (χ1n) is 9.94. The molecule has 4 aromatic rings. The highest BCUT2D eigenvalue weighted by Gasteiger charge is 2.28. The Morgan fingerprint density at radius 1 is 0.531 bits per heavy atom. The van der Waals surface area contributed by atoms with E-state index in [-0.39, 0.29) is 17.2 Å². The maximum atomic E-state index is 13.1. The van der Waals surface area contributed by atoms with Crippen LogP contribution < -0.4 is 10.5 Å². The van der Waals surface area contributed by atoms with E-state index in [0.717, 1.165) is 11.1 Å². The van der Waals surface area contributed by atoms with Gasteiger partial charge in [-0.25, -0.2) is 10.4 Å². The fourth-order valence-corrected chi connectivity index (χ4v) is 4.25. The van der Waals surface area contributed by atoms with Gasteiger partial charge in [-0.1, -0.05) is 42.5 Å². The molecule has 32 heavy (non-hydrogen) atoms. The van der Waals surface area contributed by atoms with E-state index < -0.39 is 10.5 Å². The minimum Gasteiger partial charge on any atom is -0.595 e. The fraction of sp³-hybridized carbons (Fsp3) is 0. The van der Waals surface area contributed by atoms with Crippen LogP contribution >= 0.6 is 0 Å². The second-order valence-electron chi connectivity index (χ2n) is 7.55. The third kappa shape index (κ3) is 3.22. The lowest BCUT2D eigenvalue weighted by molar-refractivity contribution is -0.991. The summed E-state index contributed by atoms with van der Waals surface area (Å²) in [6.07, 6.45) is 0. The Kier molecular flexibility index (Phi) is 4.91. The van der Waals surface area contributed by atoms with E-state index in [9.17, 15) is 25.6 Å². The summed E-state index contributed by atoms with van der Waals surface area (Å²) in [6.45, 7) is 0. The quantitative estimate of drug-likeness (QED) is 0.330. The molecule has 0 spiro atoms. The number of hydrogen-bond acceptors (Lipinski definition) is 5. The van der Waals surface area contributed by atoms with Crippen LogP contribution in [0, 0.1) is 10.4 Å². The van der Waals surface area contributed by atoms with Crippen LogP contribution in [0.25, 0.3) is 33.4 Å². The van der Waals surface area contributed by atoms with Crippen LogP contribution in [0.3, 0.4) is 0 Å². The normalized spacial score (nSPS) is 14.1. The van der Waals surface area contributed by atoms with E-state index in [2.05, 4.69) is 0 Å². The minimum atomic E-state index is -1.03. The molecule has 0 heterocycles. The predicted molar refractivity (Wildman–Crippen MR) is 118 cm³/mol. The molecule has 158 valence electrons. The second-order valence-corrected chi connectivity index (χ2v) is 7.55. The lowest BCUT2D eigenvalue weighted by atomic mass is 9.96. The Balaban J connectivity index is 1.62. The van der Waals surface area contributed by atoms with Crippen molar-refractivity contribution < 1.29 is 25.7 Å². The van der Waals surface area contributed by atoms with E-state index in [1.165, 1.54) is 6.07 Å². The summed E-state index contributed by atoms with van der Waals surface area (Å²) in [4.78, 5) is 13.1. The summed E-state index contributed by atoms with van der Waals surface area (Å²) in [7, 11) is 0. The molecule has 0 aliphatic heterocycles. The number of para-hydroxylation sites is 2. The molecule has 0 saturated heterocycles. The molecule has 1 aliphatic rings. The third-order valence-corrected chi connectivity index (χ3v) is 5.76. The summed E-state index contributed by atoms with van der Waals surface area (Å²) < 4.78 is 0. The van der Waals surface area contributed by atoms with Crippen LogP contribution in [0.15, 0.2) is 84.9 Å². The maximum absolute atomic E-state index is 13.1. The average molecular weight is 426 g/mol. The first-order chi connectivity index (χ1) is 15.5. The number of carbonyl (C=O) groups excluding carboxylic acids is 1. The van der Waals surface area contributed by atoms with Crippen molar-refractivity contribution in [1.29, 1.82) is 0 Å². The zero-order chi connectivity index (χ0) is 22.4. The lowest BCUT2D eigenvalue weighted by Gasteiger charge is -2.16. The highest BCUT2D eigenvalue weighted by Crippen LogP contribution is 2.41. The number of nitrogens with one attached hydrogen (secondary N) is 2. The SMILES string of the molecule is O=C1c2cc(-c3ccccc3[NH+]([O-])O)ccc2-c2cc(-c3ccccc3[NH+]([O-])O)ccc21. The maximum Gasteiger partial charge on any atom is 0.194 e. The number of hydrogen-bond donors (Lipinski definition) is 4. The molecule has 0 saturated carbocycles. The van der Waals surface area contributed by atoms with Gasteiger partial charge in [0.25, 0.3) is 0 Å². The number of rotatable bonds is 4. The molecule has 0 amide bonds. The van der Waals surface area contributed by atoms with Crippen molar-refractivity contribution in [3.05, 3.63) is 106 Å². The number of ketones is 1. The first-order valence-corrected chi connectivity index (χ1v) is 9.94. The Morgan fingerprint density at radius 3 is 1.53 bits per heavy atom. The summed E-state index contributed by atoms with van der Waals surface area (Å²) in [5, 5.41) is 40.2. The van der Waals surface area contributed by atoms with Crippen molar-refractivity contribution in [1.82, 2.24) is 0 Å². The van der Waals surface area contributed by atoms with Crippen molar-refractivity contribution in [2.75, 3.05) is 0 Å². The molecule has 0 fully saturated rings. The Morgan fingerprint density at radius 2 is 1.00 bits per heavy atom. The zero-order valence-electron chi connectivity index (χ0n) is 16.7. The largest absolute Gasteiger partial charge is 0.595 e. The van der Waals surface area contributed by atoms with Gasteiger partial charge in [-0.2, -0.15) is 10.5 Å².